The highest BCUT2D eigenvalue weighted by atomic mass is 35.5. The van der Waals surface area contributed by atoms with Gasteiger partial charge < -0.3 is 15.0 Å². The number of aryl methyl sites for hydroxylation is 1. The van der Waals surface area contributed by atoms with Gasteiger partial charge in [-0.1, -0.05) is 17.7 Å². The van der Waals surface area contributed by atoms with E-state index in [4.69, 9.17) is 16.3 Å². The summed E-state index contributed by atoms with van der Waals surface area (Å²) in [6.07, 6.45) is 3.21. The molecule has 0 spiro atoms. The molecule has 1 saturated heterocycles. The van der Waals surface area contributed by atoms with Crippen LogP contribution in [-0.4, -0.2) is 42.0 Å². The molecule has 0 saturated carbocycles. The summed E-state index contributed by atoms with van der Waals surface area (Å²) in [7, 11) is 1.77. The standard InChI is InChI=1S/C15H17ClN4O2/c1-19-10-11(9-17-19)15(21)18-13-4-2-3-12(16)14(13)20-5-7-22-8-6-20/h2-4,9-10H,5-8H2,1H3,(H,18,21). The minimum Gasteiger partial charge on any atom is -0.378 e. The summed E-state index contributed by atoms with van der Waals surface area (Å²) in [4.78, 5) is 14.5. The molecule has 1 amide bonds. The summed E-state index contributed by atoms with van der Waals surface area (Å²) in [5.74, 6) is -0.204. The van der Waals surface area contributed by atoms with Crippen molar-refractivity contribution in [2.24, 2.45) is 7.05 Å². The van der Waals surface area contributed by atoms with E-state index in [1.54, 1.807) is 17.9 Å². The third-order valence-corrected chi connectivity index (χ3v) is 3.83. The summed E-state index contributed by atoms with van der Waals surface area (Å²) >= 11 is 6.35. The van der Waals surface area contributed by atoms with E-state index in [9.17, 15) is 4.79 Å². The first kappa shape index (κ1) is 14.9. The number of benzene rings is 1. The van der Waals surface area contributed by atoms with Crippen molar-refractivity contribution in [1.29, 1.82) is 0 Å². The van der Waals surface area contributed by atoms with Crippen molar-refractivity contribution < 1.29 is 9.53 Å². The van der Waals surface area contributed by atoms with Gasteiger partial charge >= 0.3 is 0 Å². The Bertz CT molecular complexity index is 680. The predicted molar refractivity (Wildman–Crippen MR) is 85.6 cm³/mol. The maximum absolute atomic E-state index is 12.3. The molecule has 6 nitrogen and oxygen atoms in total. The lowest BCUT2D eigenvalue weighted by Crippen LogP contribution is -2.37. The number of halogens is 1. The molecule has 1 fully saturated rings. The molecule has 116 valence electrons. The molecule has 1 aromatic heterocycles. The molecule has 0 radical (unpaired) electrons. The van der Waals surface area contributed by atoms with Crippen LogP contribution >= 0.6 is 11.6 Å². The summed E-state index contributed by atoms with van der Waals surface area (Å²) < 4.78 is 6.96. The Labute approximate surface area is 133 Å². The zero-order valence-corrected chi connectivity index (χ0v) is 13.0. The Hall–Kier alpha value is -2.05. The zero-order valence-electron chi connectivity index (χ0n) is 12.3. The SMILES string of the molecule is Cn1cc(C(=O)Nc2cccc(Cl)c2N2CCOCC2)cn1. The number of hydrogen-bond acceptors (Lipinski definition) is 4. The van der Waals surface area contributed by atoms with Crippen molar-refractivity contribution in [2.45, 2.75) is 0 Å². The van der Waals surface area contributed by atoms with E-state index in [1.165, 1.54) is 6.20 Å². The van der Waals surface area contributed by atoms with Crippen LogP contribution in [0.15, 0.2) is 30.6 Å². The predicted octanol–water partition coefficient (Wildman–Crippen LogP) is 2.16. The molecule has 1 aliphatic rings. The Balaban J connectivity index is 1.86. The van der Waals surface area contributed by atoms with Crippen LogP contribution in [0.3, 0.4) is 0 Å². The Morgan fingerprint density at radius 2 is 2.14 bits per heavy atom. The normalized spacial score (nSPS) is 14.9. The summed E-state index contributed by atoms with van der Waals surface area (Å²) in [6.45, 7) is 2.81. The molecule has 0 unspecified atom stereocenters. The van der Waals surface area contributed by atoms with Crippen LogP contribution in [0, 0.1) is 0 Å². The van der Waals surface area contributed by atoms with Crippen molar-refractivity contribution >= 4 is 28.9 Å². The third kappa shape index (κ3) is 3.08. The van der Waals surface area contributed by atoms with E-state index in [0.717, 1.165) is 18.8 Å². The van der Waals surface area contributed by atoms with E-state index in [-0.39, 0.29) is 5.91 Å². The minimum atomic E-state index is -0.204. The fourth-order valence-electron chi connectivity index (χ4n) is 2.46. The van der Waals surface area contributed by atoms with Gasteiger partial charge in [0.1, 0.15) is 0 Å². The fourth-order valence-corrected chi connectivity index (χ4v) is 2.75. The van der Waals surface area contributed by atoms with Crippen molar-refractivity contribution in [3.63, 3.8) is 0 Å². The first-order valence-electron chi connectivity index (χ1n) is 7.06. The van der Waals surface area contributed by atoms with Crippen molar-refractivity contribution in [2.75, 3.05) is 36.5 Å². The summed E-state index contributed by atoms with van der Waals surface area (Å²) in [5, 5.41) is 7.55. The van der Waals surface area contributed by atoms with Crippen molar-refractivity contribution in [3.05, 3.63) is 41.2 Å². The van der Waals surface area contributed by atoms with Gasteiger partial charge in [0, 0.05) is 26.3 Å². The lowest BCUT2D eigenvalue weighted by atomic mass is 10.2. The second-order valence-corrected chi connectivity index (χ2v) is 5.50. The lowest BCUT2D eigenvalue weighted by molar-refractivity contribution is 0.102. The van der Waals surface area contributed by atoms with Crippen molar-refractivity contribution in [3.8, 4) is 0 Å². The summed E-state index contributed by atoms with van der Waals surface area (Å²) in [5.41, 5.74) is 2.04. The first-order chi connectivity index (χ1) is 10.6. The molecule has 0 bridgehead atoms. The number of aromatic nitrogens is 2. The molecular weight excluding hydrogens is 304 g/mol. The second kappa shape index (κ2) is 6.37. The van der Waals surface area contributed by atoms with Gasteiger partial charge in [-0.2, -0.15) is 5.10 Å². The number of carbonyl (C=O) groups excluding carboxylic acids is 1. The van der Waals surface area contributed by atoms with Gasteiger partial charge in [-0.05, 0) is 12.1 Å². The molecule has 1 N–H and O–H groups in total. The highest BCUT2D eigenvalue weighted by molar-refractivity contribution is 6.34. The highest BCUT2D eigenvalue weighted by Gasteiger charge is 2.19. The van der Waals surface area contributed by atoms with Gasteiger partial charge in [-0.3, -0.25) is 9.48 Å². The van der Waals surface area contributed by atoms with Crippen LogP contribution in [0.4, 0.5) is 11.4 Å². The molecule has 3 rings (SSSR count). The quantitative estimate of drug-likeness (QED) is 0.941. The van der Waals surface area contributed by atoms with Crippen LogP contribution in [0.25, 0.3) is 0 Å². The van der Waals surface area contributed by atoms with E-state index in [0.29, 0.717) is 29.5 Å². The molecule has 0 atom stereocenters. The smallest absolute Gasteiger partial charge is 0.258 e. The van der Waals surface area contributed by atoms with Gasteiger partial charge in [-0.25, -0.2) is 0 Å². The molecule has 1 aliphatic heterocycles. The number of para-hydroxylation sites is 1. The monoisotopic (exact) mass is 320 g/mol. The highest BCUT2D eigenvalue weighted by Crippen LogP contribution is 2.34. The van der Waals surface area contributed by atoms with Gasteiger partial charge in [0.15, 0.2) is 0 Å². The van der Waals surface area contributed by atoms with Crippen molar-refractivity contribution in [1.82, 2.24) is 9.78 Å². The van der Waals surface area contributed by atoms with Gasteiger partial charge in [-0.15, -0.1) is 0 Å². The molecule has 7 heteroatoms. The lowest BCUT2D eigenvalue weighted by Gasteiger charge is -2.31. The fraction of sp³-hybridized carbons (Fsp3) is 0.333. The molecule has 2 aromatic rings. The van der Waals surface area contributed by atoms with E-state index in [2.05, 4.69) is 15.3 Å². The first-order valence-corrected chi connectivity index (χ1v) is 7.44. The van der Waals surface area contributed by atoms with Gasteiger partial charge in [0.25, 0.3) is 5.91 Å². The Morgan fingerprint density at radius 3 is 2.82 bits per heavy atom. The van der Waals surface area contributed by atoms with Crippen LogP contribution in [0.2, 0.25) is 5.02 Å². The Morgan fingerprint density at radius 1 is 1.36 bits per heavy atom. The number of carbonyl (C=O) groups is 1. The van der Waals surface area contributed by atoms with Crippen LogP contribution in [0.1, 0.15) is 10.4 Å². The number of ether oxygens (including phenoxy) is 1. The number of rotatable bonds is 3. The molecule has 2 heterocycles. The summed E-state index contributed by atoms with van der Waals surface area (Å²) in [6, 6.07) is 5.50. The second-order valence-electron chi connectivity index (χ2n) is 5.09. The van der Waals surface area contributed by atoms with E-state index < -0.39 is 0 Å². The largest absolute Gasteiger partial charge is 0.378 e. The van der Waals surface area contributed by atoms with Crippen LogP contribution < -0.4 is 10.2 Å². The van der Waals surface area contributed by atoms with Gasteiger partial charge in [0.05, 0.1) is 41.4 Å². The maximum atomic E-state index is 12.3. The molecule has 22 heavy (non-hydrogen) atoms. The minimum absolute atomic E-state index is 0.204. The maximum Gasteiger partial charge on any atom is 0.258 e. The van der Waals surface area contributed by atoms with E-state index >= 15 is 0 Å². The number of nitrogens with zero attached hydrogens (tertiary/aromatic N) is 3. The molecule has 1 aromatic carbocycles. The number of hydrogen-bond donors (Lipinski definition) is 1. The molecular formula is C15H17ClN4O2. The Kier molecular flexibility index (Phi) is 4.31. The number of nitrogens with one attached hydrogen (secondary N) is 1. The number of anilines is 2. The van der Waals surface area contributed by atoms with Crippen LogP contribution in [0.5, 0.6) is 0 Å². The molecule has 0 aliphatic carbocycles. The average Bonchev–Trinajstić information content (AvgIpc) is 2.95. The third-order valence-electron chi connectivity index (χ3n) is 3.53. The number of morpholine rings is 1. The number of amides is 1. The zero-order chi connectivity index (χ0) is 15.5. The van der Waals surface area contributed by atoms with E-state index in [1.807, 2.05) is 18.2 Å². The average molecular weight is 321 g/mol. The van der Waals surface area contributed by atoms with Crippen LogP contribution in [-0.2, 0) is 11.8 Å². The van der Waals surface area contributed by atoms with Gasteiger partial charge in [0.2, 0.25) is 0 Å². The topological polar surface area (TPSA) is 59.4 Å².